The van der Waals surface area contributed by atoms with E-state index in [2.05, 4.69) is 16.3 Å². The van der Waals surface area contributed by atoms with Crippen LogP contribution in [-0.2, 0) is 11.3 Å². The number of nitrogens with two attached hydrogens (primary N) is 1. The summed E-state index contributed by atoms with van der Waals surface area (Å²) in [5.41, 5.74) is 6.88. The predicted molar refractivity (Wildman–Crippen MR) is 67.0 cm³/mol. The summed E-state index contributed by atoms with van der Waals surface area (Å²) < 4.78 is 5.57. The molecule has 2 aliphatic rings. The van der Waals surface area contributed by atoms with Crippen LogP contribution in [0.3, 0.4) is 0 Å². The molecule has 1 aromatic carbocycles. The second kappa shape index (κ2) is 4.59. The van der Waals surface area contributed by atoms with Gasteiger partial charge in [0.05, 0.1) is 12.7 Å². The highest BCUT2D eigenvalue weighted by Gasteiger charge is 2.38. The number of benzene rings is 1. The number of anilines is 1. The van der Waals surface area contributed by atoms with Crippen molar-refractivity contribution in [3.8, 4) is 0 Å². The van der Waals surface area contributed by atoms with Crippen LogP contribution >= 0.6 is 0 Å². The molecular weight excluding hydrogens is 230 g/mol. The molecule has 95 valence electrons. The first-order valence-electron chi connectivity index (χ1n) is 6.13. The first-order chi connectivity index (χ1) is 8.70. The summed E-state index contributed by atoms with van der Waals surface area (Å²) >= 11 is 0. The molecule has 5 heteroatoms. The fourth-order valence-corrected chi connectivity index (χ4v) is 2.72. The number of hydrogen-bond donors (Lipinski definition) is 2. The first kappa shape index (κ1) is 11.5. The highest BCUT2D eigenvalue weighted by molar-refractivity contribution is 5.87. The van der Waals surface area contributed by atoms with Crippen LogP contribution in [0.5, 0.6) is 0 Å². The molecular formula is C13H16N3O2. The number of morpholine rings is 1. The molecule has 2 aliphatic heterocycles. The van der Waals surface area contributed by atoms with Crippen molar-refractivity contribution in [1.29, 1.82) is 0 Å². The van der Waals surface area contributed by atoms with Gasteiger partial charge in [0.1, 0.15) is 0 Å². The van der Waals surface area contributed by atoms with E-state index >= 15 is 0 Å². The Labute approximate surface area is 106 Å². The van der Waals surface area contributed by atoms with Crippen LogP contribution < -0.4 is 11.1 Å². The maximum atomic E-state index is 10.8. The van der Waals surface area contributed by atoms with Gasteiger partial charge in [-0.15, -0.1) is 0 Å². The molecule has 3 rings (SSSR count). The monoisotopic (exact) mass is 246 g/mol. The number of hydrogen-bond acceptors (Lipinski definition) is 3. The van der Waals surface area contributed by atoms with Gasteiger partial charge in [-0.1, -0.05) is 6.07 Å². The number of nitrogens with zero attached hydrogens (tertiary/aromatic N) is 1. The van der Waals surface area contributed by atoms with E-state index in [4.69, 9.17) is 10.5 Å². The van der Waals surface area contributed by atoms with Gasteiger partial charge in [0.15, 0.2) is 0 Å². The molecule has 18 heavy (non-hydrogen) atoms. The molecule has 2 bridgehead atoms. The Balaban J connectivity index is 1.67. The molecule has 2 saturated heterocycles. The average molecular weight is 246 g/mol. The summed E-state index contributed by atoms with van der Waals surface area (Å²) in [6.07, 6.45) is 1.54. The van der Waals surface area contributed by atoms with Crippen molar-refractivity contribution >= 4 is 11.7 Å². The largest absolute Gasteiger partial charge is 0.375 e. The summed E-state index contributed by atoms with van der Waals surface area (Å²) in [5, 5.41) is 2.58. The highest BCUT2D eigenvalue weighted by atomic mass is 16.5. The summed E-state index contributed by atoms with van der Waals surface area (Å²) in [6, 6.07) is 8.70. The molecule has 2 fully saturated rings. The number of amides is 2. The molecule has 5 nitrogen and oxygen atoms in total. The van der Waals surface area contributed by atoms with Gasteiger partial charge < -0.3 is 15.8 Å². The Kier molecular flexibility index (Phi) is 2.93. The number of carbonyl (C=O) groups excluding carboxylic acids is 1. The number of primary amides is 1. The van der Waals surface area contributed by atoms with E-state index < -0.39 is 6.03 Å². The molecule has 2 amide bonds. The lowest BCUT2D eigenvalue weighted by Crippen LogP contribution is -2.36. The molecule has 0 spiro atoms. The number of nitrogens with one attached hydrogen (secondary N) is 1. The third kappa shape index (κ3) is 2.32. The minimum Gasteiger partial charge on any atom is -0.375 e. The van der Waals surface area contributed by atoms with E-state index in [0.29, 0.717) is 12.1 Å². The topological polar surface area (TPSA) is 67.6 Å². The summed E-state index contributed by atoms with van der Waals surface area (Å²) in [5.74, 6) is 0. The first-order valence-corrected chi connectivity index (χ1v) is 6.13. The van der Waals surface area contributed by atoms with E-state index in [-0.39, 0.29) is 0 Å². The molecule has 1 aromatic rings. The number of rotatable bonds is 3. The summed E-state index contributed by atoms with van der Waals surface area (Å²) in [4.78, 5) is 13.2. The van der Waals surface area contributed by atoms with E-state index in [9.17, 15) is 4.79 Å². The van der Waals surface area contributed by atoms with Gasteiger partial charge in [0.25, 0.3) is 0 Å². The number of carbonyl (C=O) groups is 1. The van der Waals surface area contributed by atoms with Crippen LogP contribution in [0.25, 0.3) is 0 Å². The van der Waals surface area contributed by atoms with Crippen molar-refractivity contribution in [1.82, 2.24) is 4.90 Å². The van der Waals surface area contributed by atoms with Crippen LogP contribution in [-0.4, -0.2) is 36.2 Å². The number of likely N-dealkylation sites (tertiary alicyclic amines) is 1. The lowest BCUT2D eigenvalue weighted by Gasteiger charge is -2.26. The highest BCUT2D eigenvalue weighted by Crippen LogP contribution is 2.29. The SMILES string of the molecule is NC(=O)Nc1cc[c]c(CN2C[C@@H]3C[C@H]2CO3)c1. The van der Waals surface area contributed by atoms with E-state index in [0.717, 1.165) is 37.4 Å². The number of ether oxygens (including phenoxy) is 1. The van der Waals surface area contributed by atoms with Gasteiger partial charge in [-0.05, 0) is 30.2 Å². The summed E-state index contributed by atoms with van der Waals surface area (Å²) in [7, 11) is 0. The minimum atomic E-state index is -0.541. The molecule has 2 heterocycles. The third-order valence-corrected chi connectivity index (χ3v) is 3.52. The minimum absolute atomic E-state index is 0.405. The Bertz CT molecular complexity index is 463. The van der Waals surface area contributed by atoms with Crippen LogP contribution in [0.15, 0.2) is 18.2 Å². The van der Waals surface area contributed by atoms with Crippen molar-refractivity contribution in [3.63, 3.8) is 0 Å². The van der Waals surface area contributed by atoms with Crippen LogP contribution in [0, 0.1) is 6.07 Å². The van der Waals surface area contributed by atoms with Crippen molar-refractivity contribution in [2.75, 3.05) is 18.5 Å². The molecule has 3 N–H and O–H groups in total. The Hall–Kier alpha value is -1.59. The second-order valence-corrected chi connectivity index (χ2v) is 4.87. The lowest BCUT2D eigenvalue weighted by atomic mass is 10.1. The smallest absolute Gasteiger partial charge is 0.316 e. The molecule has 1 radical (unpaired) electrons. The quantitative estimate of drug-likeness (QED) is 0.834. The maximum absolute atomic E-state index is 10.8. The zero-order chi connectivity index (χ0) is 12.5. The average Bonchev–Trinajstić information content (AvgIpc) is 2.90. The predicted octanol–water partition coefficient (Wildman–Crippen LogP) is 0.950. The van der Waals surface area contributed by atoms with Gasteiger partial charge in [-0.3, -0.25) is 4.90 Å². The van der Waals surface area contributed by atoms with Gasteiger partial charge in [0.2, 0.25) is 0 Å². The van der Waals surface area contributed by atoms with Gasteiger partial charge in [-0.2, -0.15) is 0 Å². The maximum Gasteiger partial charge on any atom is 0.316 e. The fourth-order valence-electron chi connectivity index (χ4n) is 2.72. The standard InChI is InChI=1S/C13H16N3O2/c14-13(17)15-10-3-1-2-9(4-10)6-16-7-12-5-11(16)8-18-12/h1,3-4,11-12H,5-8H2,(H3,14,15,17)/t11-,12-/m0/s1. The van der Waals surface area contributed by atoms with E-state index in [1.54, 1.807) is 6.07 Å². The number of fused-ring (bicyclic) bond motifs is 2. The fraction of sp³-hybridized carbons (Fsp3) is 0.462. The van der Waals surface area contributed by atoms with Crippen LogP contribution in [0.2, 0.25) is 0 Å². The van der Waals surface area contributed by atoms with Crippen LogP contribution in [0.1, 0.15) is 12.0 Å². The second-order valence-electron chi connectivity index (χ2n) is 4.87. The summed E-state index contributed by atoms with van der Waals surface area (Å²) in [6.45, 7) is 2.68. The van der Waals surface area contributed by atoms with E-state index in [1.165, 1.54) is 0 Å². The number of urea groups is 1. The van der Waals surface area contributed by atoms with Crippen LogP contribution in [0.4, 0.5) is 10.5 Å². The van der Waals surface area contributed by atoms with Crippen molar-refractivity contribution < 1.29 is 9.53 Å². The van der Waals surface area contributed by atoms with Gasteiger partial charge >= 0.3 is 6.03 Å². The zero-order valence-electron chi connectivity index (χ0n) is 10.1. The molecule has 0 saturated carbocycles. The zero-order valence-corrected chi connectivity index (χ0v) is 10.1. The van der Waals surface area contributed by atoms with Gasteiger partial charge in [0, 0.05) is 24.8 Å². The molecule has 0 aliphatic carbocycles. The van der Waals surface area contributed by atoms with E-state index in [1.807, 2.05) is 12.1 Å². The third-order valence-electron chi connectivity index (χ3n) is 3.52. The van der Waals surface area contributed by atoms with Crippen molar-refractivity contribution in [3.05, 3.63) is 29.8 Å². The van der Waals surface area contributed by atoms with Crippen molar-refractivity contribution in [2.45, 2.75) is 25.1 Å². The Morgan fingerprint density at radius 2 is 2.56 bits per heavy atom. The lowest BCUT2D eigenvalue weighted by molar-refractivity contribution is 0.0273. The van der Waals surface area contributed by atoms with Crippen molar-refractivity contribution in [2.24, 2.45) is 5.73 Å². The molecule has 2 atom stereocenters. The normalized spacial score (nSPS) is 26.4. The van der Waals surface area contributed by atoms with Gasteiger partial charge in [-0.25, -0.2) is 4.79 Å². The molecule has 0 aromatic heterocycles. The molecule has 0 unspecified atom stereocenters. The Morgan fingerprint density at radius 1 is 1.67 bits per heavy atom. The Morgan fingerprint density at radius 3 is 3.22 bits per heavy atom.